The highest BCUT2D eigenvalue weighted by atomic mass is 35.5. The Kier molecular flexibility index (Phi) is 6.49. The van der Waals surface area contributed by atoms with Gasteiger partial charge in [-0.1, -0.05) is 41.4 Å². The zero-order valence-corrected chi connectivity index (χ0v) is 17.7. The molecule has 0 bridgehead atoms. The molecule has 6 nitrogen and oxygen atoms in total. The number of amides is 1. The fraction of sp³-hybridized carbons (Fsp3) is 0.333. The zero-order valence-electron chi connectivity index (χ0n) is 16.2. The lowest BCUT2D eigenvalue weighted by atomic mass is 9.66. The number of rotatable bonds is 6. The number of esters is 1. The van der Waals surface area contributed by atoms with Crippen molar-refractivity contribution >= 4 is 40.8 Å². The van der Waals surface area contributed by atoms with E-state index in [1.807, 2.05) is 12.1 Å². The van der Waals surface area contributed by atoms with Crippen LogP contribution in [0.4, 0.5) is 5.69 Å². The minimum Gasteiger partial charge on any atom is -0.465 e. The molecule has 2 unspecified atom stereocenters. The van der Waals surface area contributed by atoms with Crippen LogP contribution in [-0.2, 0) is 19.9 Å². The molecular formula is C21H23Cl2N3O3. The summed E-state index contributed by atoms with van der Waals surface area (Å²) in [7, 11) is 0. The van der Waals surface area contributed by atoms with Crippen molar-refractivity contribution in [1.82, 2.24) is 10.9 Å². The van der Waals surface area contributed by atoms with E-state index in [9.17, 15) is 9.59 Å². The fourth-order valence-corrected chi connectivity index (χ4v) is 3.99. The maximum absolute atomic E-state index is 13.0. The molecule has 2 atom stereocenters. The first kappa shape index (κ1) is 21.6. The summed E-state index contributed by atoms with van der Waals surface area (Å²) in [4.78, 5) is 25.9. The van der Waals surface area contributed by atoms with Crippen molar-refractivity contribution in [1.29, 1.82) is 0 Å². The first-order valence-electron chi connectivity index (χ1n) is 9.29. The molecule has 3 N–H and O–H groups in total. The van der Waals surface area contributed by atoms with E-state index < -0.39 is 11.0 Å². The Bertz CT molecular complexity index is 906. The van der Waals surface area contributed by atoms with E-state index in [1.54, 1.807) is 50.2 Å². The van der Waals surface area contributed by atoms with Gasteiger partial charge in [-0.15, -0.1) is 0 Å². The zero-order chi connectivity index (χ0) is 21.1. The van der Waals surface area contributed by atoms with Gasteiger partial charge in [-0.05, 0) is 49.7 Å². The van der Waals surface area contributed by atoms with Crippen molar-refractivity contribution in [2.75, 3.05) is 18.5 Å². The van der Waals surface area contributed by atoms with Gasteiger partial charge in [0.25, 0.3) is 0 Å². The van der Waals surface area contributed by atoms with E-state index >= 15 is 0 Å². The van der Waals surface area contributed by atoms with Crippen LogP contribution in [0.3, 0.4) is 0 Å². The van der Waals surface area contributed by atoms with Gasteiger partial charge < -0.3 is 10.1 Å². The number of carbonyl (C=O) groups excluding carboxylic acids is 2. The topological polar surface area (TPSA) is 79.5 Å². The van der Waals surface area contributed by atoms with Crippen molar-refractivity contribution in [2.24, 2.45) is 5.41 Å². The second-order valence-electron chi connectivity index (χ2n) is 7.18. The molecule has 1 amide bonds. The van der Waals surface area contributed by atoms with Crippen molar-refractivity contribution in [3.05, 3.63) is 64.1 Å². The Morgan fingerprint density at radius 3 is 2.52 bits per heavy atom. The van der Waals surface area contributed by atoms with Crippen LogP contribution in [0.5, 0.6) is 0 Å². The Labute approximate surface area is 179 Å². The summed E-state index contributed by atoms with van der Waals surface area (Å²) in [6.45, 7) is 4.10. The molecular weight excluding hydrogens is 413 g/mol. The number of nitrogens with one attached hydrogen (secondary N) is 3. The highest BCUT2D eigenvalue weighted by Gasteiger charge is 2.59. The van der Waals surface area contributed by atoms with E-state index in [4.69, 9.17) is 27.9 Å². The Morgan fingerprint density at radius 1 is 1.14 bits per heavy atom. The van der Waals surface area contributed by atoms with E-state index in [-0.39, 0.29) is 24.9 Å². The molecule has 0 aromatic heterocycles. The molecule has 1 fully saturated rings. The second kappa shape index (κ2) is 8.71. The first-order valence-corrected chi connectivity index (χ1v) is 10.0. The van der Waals surface area contributed by atoms with Crippen LogP contribution in [0.1, 0.15) is 25.8 Å². The number of ether oxygens (including phenoxy) is 1. The second-order valence-corrected chi connectivity index (χ2v) is 8.05. The van der Waals surface area contributed by atoms with Crippen molar-refractivity contribution in [3.63, 3.8) is 0 Å². The number of hydrazine groups is 1. The van der Waals surface area contributed by atoms with Crippen LogP contribution in [0.15, 0.2) is 48.5 Å². The third-order valence-corrected chi connectivity index (χ3v) is 5.77. The van der Waals surface area contributed by atoms with Gasteiger partial charge in [0.15, 0.2) is 0 Å². The molecule has 0 aliphatic carbocycles. The monoisotopic (exact) mass is 435 g/mol. The van der Waals surface area contributed by atoms with E-state index in [2.05, 4.69) is 16.2 Å². The number of hydrogen-bond acceptors (Lipinski definition) is 5. The number of carbonyl (C=O) groups is 2. The van der Waals surface area contributed by atoms with Gasteiger partial charge >= 0.3 is 5.97 Å². The first-order chi connectivity index (χ1) is 13.8. The predicted molar refractivity (Wildman–Crippen MR) is 114 cm³/mol. The number of anilines is 1. The molecule has 0 spiro atoms. The summed E-state index contributed by atoms with van der Waals surface area (Å²) in [5, 5.41) is 3.94. The molecule has 1 aliphatic heterocycles. The molecule has 0 saturated carbocycles. The quantitative estimate of drug-likeness (QED) is 0.599. The van der Waals surface area contributed by atoms with Gasteiger partial charge in [0.05, 0.1) is 18.6 Å². The summed E-state index contributed by atoms with van der Waals surface area (Å²) < 4.78 is 5.35. The Hall–Kier alpha value is -2.12. The highest BCUT2D eigenvalue weighted by molar-refractivity contribution is 6.31. The number of hydrogen-bond donors (Lipinski definition) is 3. The SMILES string of the molecule is CCOC(=O)C1(C)CNNC1(CC(=O)Nc1cccc(Cl)c1)c1ccc(Cl)cc1. The normalized spacial score (nSPS) is 23.6. The molecule has 2 aromatic rings. The summed E-state index contributed by atoms with van der Waals surface area (Å²) in [6, 6.07) is 14.0. The molecule has 1 heterocycles. The van der Waals surface area contributed by atoms with Gasteiger partial charge in [-0.25, -0.2) is 5.43 Å². The molecule has 8 heteroatoms. The lowest BCUT2D eigenvalue weighted by Gasteiger charge is -2.40. The van der Waals surface area contributed by atoms with Crippen LogP contribution in [0, 0.1) is 5.41 Å². The van der Waals surface area contributed by atoms with Gasteiger partial charge in [-0.2, -0.15) is 0 Å². The summed E-state index contributed by atoms with van der Waals surface area (Å²) >= 11 is 12.1. The van der Waals surface area contributed by atoms with Gasteiger partial charge in [0.2, 0.25) is 5.91 Å². The Balaban J connectivity index is 1.98. The molecule has 154 valence electrons. The molecule has 2 aromatic carbocycles. The average Bonchev–Trinajstić information content (AvgIpc) is 3.00. The van der Waals surface area contributed by atoms with Crippen molar-refractivity contribution < 1.29 is 14.3 Å². The molecule has 29 heavy (non-hydrogen) atoms. The summed E-state index contributed by atoms with van der Waals surface area (Å²) in [6.07, 6.45) is -0.0105. The predicted octanol–water partition coefficient (Wildman–Crippen LogP) is 3.89. The maximum atomic E-state index is 13.0. The van der Waals surface area contributed by atoms with Gasteiger partial charge in [-0.3, -0.25) is 15.0 Å². The fourth-order valence-electron chi connectivity index (χ4n) is 3.68. The molecule has 1 saturated heterocycles. The van der Waals surface area contributed by atoms with Gasteiger partial charge in [0.1, 0.15) is 5.41 Å². The number of halogens is 2. The molecule has 0 radical (unpaired) electrons. The summed E-state index contributed by atoms with van der Waals surface area (Å²) in [5.41, 5.74) is 5.51. The highest BCUT2D eigenvalue weighted by Crippen LogP contribution is 2.46. The van der Waals surface area contributed by atoms with Crippen LogP contribution in [-0.4, -0.2) is 25.0 Å². The van der Waals surface area contributed by atoms with Crippen molar-refractivity contribution in [3.8, 4) is 0 Å². The maximum Gasteiger partial charge on any atom is 0.315 e. The minimum absolute atomic E-state index is 0.0105. The lowest BCUT2D eigenvalue weighted by Crippen LogP contribution is -2.55. The van der Waals surface area contributed by atoms with Gasteiger partial charge in [0, 0.05) is 22.3 Å². The van der Waals surface area contributed by atoms with Crippen LogP contribution in [0.25, 0.3) is 0 Å². The summed E-state index contributed by atoms with van der Waals surface area (Å²) in [5.74, 6) is -0.656. The third kappa shape index (κ3) is 4.26. The van der Waals surface area contributed by atoms with Crippen LogP contribution >= 0.6 is 23.2 Å². The van der Waals surface area contributed by atoms with Crippen molar-refractivity contribution in [2.45, 2.75) is 25.8 Å². The Morgan fingerprint density at radius 2 is 1.86 bits per heavy atom. The van der Waals surface area contributed by atoms with E-state index in [0.717, 1.165) is 5.56 Å². The standard InChI is InChI=1S/C21H23Cl2N3O3/c1-3-29-19(28)20(2)13-24-26-21(20,14-7-9-15(22)10-8-14)12-18(27)25-17-6-4-5-16(23)11-17/h4-11,24,26H,3,12-13H2,1-2H3,(H,25,27). The third-order valence-electron chi connectivity index (χ3n) is 5.28. The van der Waals surface area contributed by atoms with E-state index in [1.165, 1.54) is 0 Å². The van der Waals surface area contributed by atoms with Crippen LogP contribution < -0.4 is 16.2 Å². The minimum atomic E-state index is -1.04. The lowest BCUT2D eigenvalue weighted by molar-refractivity contribution is -0.157. The number of benzene rings is 2. The molecule has 1 aliphatic rings. The van der Waals surface area contributed by atoms with E-state index in [0.29, 0.717) is 22.3 Å². The largest absolute Gasteiger partial charge is 0.465 e. The molecule has 3 rings (SSSR count). The smallest absolute Gasteiger partial charge is 0.315 e. The average molecular weight is 436 g/mol. The van der Waals surface area contributed by atoms with Crippen LogP contribution in [0.2, 0.25) is 10.0 Å².